The maximum absolute atomic E-state index is 6.14. The summed E-state index contributed by atoms with van der Waals surface area (Å²) in [6.07, 6.45) is 4.09. The van der Waals surface area contributed by atoms with Gasteiger partial charge in [0, 0.05) is 32.7 Å². The first kappa shape index (κ1) is 24.7. The van der Waals surface area contributed by atoms with Crippen LogP contribution in [0.15, 0.2) is 52.1 Å². The summed E-state index contributed by atoms with van der Waals surface area (Å²) in [4.78, 5) is 6.54. The van der Waals surface area contributed by atoms with Crippen LogP contribution in [0, 0.1) is 12.8 Å². The van der Waals surface area contributed by atoms with Crippen LogP contribution in [-0.4, -0.2) is 51.7 Å². The summed E-state index contributed by atoms with van der Waals surface area (Å²) in [5.74, 6) is 2.16. The molecule has 0 saturated carbocycles. The monoisotopic (exact) mass is 526 g/mol. The highest BCUT2D eigenvalue weighted by atomic mass is 127. The molecule has 2 aromatic rings. The van der Waals surface area contributed by atoms with Crippen LogP contribution in [-0.2, 0) is 4.74 Å². The van der Waals surface area contributed by atoms with Gasteiger partial charge in [0.25, 0.3) is 0 Å². The molecule has 1 aromatic heterocycles. The molecule has 0 spiro atoms. The first-order chi connectivity index (χ1) is 14.1. The number of ether oxygens (including phenoxy) is 1. The quantitative estimate of drug-likeness (QED) is 0.323. The van der Waals surface area contributed by atoms with E-state index in [-0.39, 0.29) is 36.1 Å². The van der Waals surface area contributed by atoms with Crippen molar-refractivity contribution in [2.45, 2.75) is 31.9 Å². The van der Waals surface area contributed by atoms with Crippen LogP contribution >= 0.6 is 24.0 Å². The van der Waals surface area contributed by atoms with Gasteiger partial charge in [0.1, 0.15) is 5.76 Å². The van der Waals surface area contributed by atoms with Crippen molar-refractivity contribution in [3.8, 4) is 0 Å². The van der Waals surface area contributed by atoms with E-state index in [1.165, 1.54) is 11.1 Å². The van der Waals surface area contributed by atoms with Gasteiger partial charge in [0.15, 0.2) is 5.96 Å². The molecule has 2 N–H and O–H groups in total. The number of aryl methyl sites for hydroxylation is 1. The second kappa shape index (κ2) is 12.3. The zero-order chi connectivity index (χ0) is 20.6. The molecular weight excluding hydrogens is 491 g/mol. The fraction of sp³-hybridized carbons (Fsp3) is 0.522. The van der Waals surface area contributed by atoms with Gasteiger partial charge < -0.3 is 19.8 Å². The van der Waals surface area contributed by atoms with Gasteiger partial charge in [-0.2, -0.15) is 0 Å². The van der Waals surface area contributed by atoms with Crippen LogP contribution in [0.2, 0.25) is 0 Å². The lowest BCUT2D eigenvalue weighted by atomic mass is 9.89. The molecule has 0 aliphatic carbocycles. The molecule has 1 fully saturated rings. The van der Waals surface area contributed by atoms with Gasteiger partial charge in [-0.05, 0) is 51.6 Å². The van der Waals surface area contributed by atoms with E-state index < -0.39 is 0 Å². The van der Waals surface area contributed by atoms with Crippen LogP contribution in [0.4, 0.5) is 0 Å². The Labute approximate surface area is 197 Å². The number of guanidine groups is 1. The smallest absolute Gasteiger partial charge is 0.191 e. The molecule has 0 amide bonds. The predicted molar refractivity (Wildman–Crippen MR) is 133 cm³/mol. The minimum atomic E-state index is 0. The fourth-order valence-electron chi connectivity index (χ4n) is 3.84. The molecule has 3 atom stereocenters. The average Bonchev–Trinajstić information content (AvgIpc) is 3.25. The minimum Gasteiger partial charge on any atom is -0.468 e. The van der Waals surface area contributed by atoms with Crippen molar-refractivity contribution in [3.63, 3.8) is 0 Å². The zero-order valence-electron chi connectivity index (χ0n) is 18.4. The lowest BCUT2D eigenvalue weighted by molar-refractivity contribution is -0.0265. The van der Waals surface area contributed by atoms with Gasteiger partial charge in [0.2, 0.25) is 0 Å². The van der Waals surface area contributed by atoms with E-state index in [1.54, 1.807) is 6.26 Å². The molecule has 3 unspecified atom stereocenters. The Hall–Kier alpha value is -1.58. The Morgan fingerprint density at radius 2 is 1.97 bits per heavy atom. The molecule has 0 bridgehead atoms. The maximum atomic E-state index is 6.14. The summed E-state index contributed by atoms with van der Waals surface area (Å²) >= 11 is 0. The van der Waals surface area contributed by atoms with E-state index in [1.807, 2.05) is 19.2 Å². The van der Waals surface area contributed by atoms with E-state index in [0.717, 1.165) is 37.7 Å². The first-order valence-electron chi connectivity index (χ1n) is 10.4. The van der Waals surface area contributed by atoms with E-state index in [4.69, 9.17) is 9.15 Å². The summed E-state index contributed by atoms with van der Waals surface area (Å²) < 4.78 is 11.7. The number of hydrogen-bond donors (Lipinski definition) is 2. The van der Waals surface area contributed by atoms with Crippen molar-refractivity contribution in [2.24, 2.45) is 10.9 Å². The molecule has 3 rings (SSSR count). The molecule has 1 aromatic carbocycles. The number of likely N-dealkylation sites (N-methyl/N-ethyl adjacent to an activating group) is 1. The van der Waals surface area contributed by atoms with Gasteiger partial charge in [-0.15, -0.1) is 24.0 Å². The summed E-state index contributed by atoms with van der Waals surface area (Å²) in [6, 6.07) is 12.8. The summed E-state index contributed by atoms with van der Waals surface area (Å²) in [6.45, 7) is 4.48. The van der Waals surface area contributed by atoms with E-state index >= 15 is 0 Å². The molecule has 6 nitrogen and oxygen atoms in total. The van der Waals surface area contributed by atoms with Crippen molar-refractivity contribution in [1.82, 2.24) is 15.5 Å². The van der Waals surface area contributed by atoms with E-state index in [0.29, 0.717) is 12.5 Å². The van der Waals surface area contributed by atoms with E-state index in [2.05, 4.69) is 65.8 Å². The van der Waals surface area contributed by atoms with Crippen molar-refractivity contribution in [1.29, 1.82) is 0 Å². The summed E-state index contributed by atoms with van der Waals surface area (Å²) in [5, 5.41) is 6.94. The highest BCUT2D eigenvalue weighted by Gasteiger charge is 2.27. The van der Waals surface area contributed by atoms with Gasteiger partial charge >= 0.3 is 0 Å². The SMILES string of the molecule is CN=C(NCC1CCCOC1c1ccc(C)cc1)NCC(c1ccco1)N(C)C.I. The molecule has 2 heterocycles. The Morgan fingerprint density at radius 1 is 1.20 bits per heavy atom. The lowest BCUT2D eigenvalue weighted by Crippen LogP contribution is -2.44. The van der Waals surface area contributed by atoms with Gasteiger partial charge in [-0.1, -0.05) is 29.8 Å². The van der Waals surface area contributed by atoms with Crippen LogP contribution in [0.25, 0.3) is 0 Å². The summed E-state index contributed by atoms with van der Waals surface area (Å²) in [5.41, 5.74) is 2.53. The number of rotatable bonds is 7. The lowest BCUT2D eigenvalue weighted by Gasteiger charge is -2.33. The molecule has 1 aliphatic rings. The van der Waals surface area contributed by atoms with Crippen molar-refractivity contribution < 1.29 is 9.15 Å². The van der Waals surface area contributed by atoms with Crippen LogP contribution < -0.4 is 10.6 Å². The number of nitrogens with one attached hydrogen (secondary N) is 2. The average molecular weight is 526 g/mol. The van der Waals surface area contributed by atoms with Crippen molar-refractivity contribution >= 4 is 29.9 Å². The molecule has 1 saturated heterocycles. The standard InChI is InChI=1S/C23H34N4O2.HI/c1-17-9-11-18(12-10-17)22-19(7-5-14-29-22)15-25-23(24-2)26-16-20(27(3)4)21-8-6-13-28-21;/h6,8-13,19-20,22H,5,7,14-16H2,1-4H3,(H2,24,25,26);1H. The molecule has 7 heteroatoms. The Kier molecular flexibility index (Phi) is 10.1. The minimum absolute atomic E-state index is 0. The summed E-state index contributed by atoms with van der Waals surface area (Å²) in [7, 11) is 5.91. The Morgan fingerprint density at radius 3 is 2.60 bits per heavy atom. The fourth-order valence-corrected chi connectivity index (χ4v) is 3.84. The largest absolute Gasteiger partial charge is 0.468 e. The third-order valence-corrected chi connectivity index (χ3v) is 5.56. The number of aliphatic imine (C=N–C) groups is 1. The number of benzene rings is 1. The second-order valence-corrected chi connectivity index (χ2v) is 7.93. The number of hydrogen-bond acceptors (Lipinski definition) is 4. The third kappa shape index (κ3) is 6.72. The molecular formula is C23H35IN4O2. The third-order valence-electron chi connectivity index (χ3n) is 5.56. The van der Waals surface area contributed by atoms with Gasteiger partial charge in [-0.25, -0.2) is 0 Å². The number of halogens is 1. The van der Waals surface area contributed by atoms with Crippen LogP contribution in [0.1, 0.15) is 41.9 Å². The maximum Gasteiger partial charge on any atom is 0.191 e. The van der Waals surface area contributed by atoms with Crippen LogP contribution in [0.5, 0.6) is 0 Å². The molecule has 1 aliphatic heterocycles. The normalized spacial score (nSPS) is 20.5. The highest BCUT2D eigenvalue weighted by molar-refractivity contribution is 14.0. The molecule has 0 radical (unpaired) electrons. The van der Waals surface area contributed by atoms with Crippen molar-refractivity contribution in [2.75, 3.05) is 40.8 Å². The number of furan rings is 1. The van der Waals surface area contributed by atoms with E-state index in [9.17, 15) is 0 Å². The van der Waals surface area contributed by atoms with Crippen LogP contribution in [0.3, 0.4) is 0 Å². The van der Waals surface area contributed by atoms with Gasteiger partial charge in [0.05, 0.1) is 18.4 Å². The topological polar surface area (TPSA) is 62.0 Å². The predicted octanol–water partition coefficient (Wildman–Crippen LogP) is 4.14. The Balaban J connectivity index is 0.00000320. The van der Waals surface area contributed by atoms with Crippen molar-refractivity contribution in [3.05, 3.63) is 59.5 Å². The van der Waals surface area contributed by atoms with Gasteiger partial charge in [-0.3, -0.25) is 9.89 Å². The zero-order valence-corrected chi connectivity index (χ0v) is 20.8. The Bertz CT molecular complexity index is 762. The molecule has 166 valence electrons. The second-order valence-electron chi connectivity index (χ2n) is 7.93. The number of nitrogens with zero attached hydrogens (tertiary/aromatic N) is 2. The first-order valence-corrected chi connectivity index (χ1v) is 10.4. The highest BCUT2D eigenvalue weighted by Crippen LogP contribution is 2.33. The molecule has 30 heavy (non-hydrogen) atoms.